The van der Waals surface area contributed by atoms with Gasteiger partial charge in [0.2, 0.25) is 5.88 Å². The third kappa shape index (κ3) is 3.35. The first kappa shape index (κ1) is 12.2. The quantitative estimate of drug-likeness (QED) is 0.869. The Balaban J connectivity index is 1.93. The molecular formula is C14H22N2O. The van der Waals surface area contributed by atoms with E-state index in [1.165, 1.54) is 25.7 Å². The molecule has 0 spiro atoms. The largest absolute Gasteiger partial charge is 0.481 e. The average molecular weight is 234 g/mol. The van der Waals surface area contributed by atoms with E-state index in [1.54, 1.807) is 13.3 Å². The summed E-state index contributed by atoms with van der Waals surface area (Å²) in [5, 5.41) is 3.57. The van der Waals surface area contributed by atoms with E-state index in [0.29, 0.717) is 17.3 Å². The molecule has 1 aromatic heterocycles. The summed E-state index contributed by atoms with van der Waals surface area (Å²) in [5.74, 6) is 0.672. The van der Waals surface area contributed by atoms with Gasteiger partial charge in [-0.3, -0.25) is 0 Å². The molecule has 0 unspecified atom stereocenters. The average Bonchev–Trinajstić information content (AvgIpc) is 2.32. The van der Waals surface area contributed by atoms with Gasteiger partial charge in [-0.2, -0.15) is 0 Å². The van der Waals surface area contributed by atoms with Gasteiger partial charge in [0, 0.05) is 24.0 Å². The van der Waals surface area contributed by atoms with E-state index in [2.05, 4.69) is 24.1 Å². The Kier molecular flexibility index (Phi) is 3.55. The molecule has 0 aliphatic heterocycles. The first-order valence-corrected chi connectivity index (χ1v) is 6.36. The molecule has 1 aliphatic carbocycles. The normalized spacial score (nSPS) is 19.9. The number of anilines is 1. The number of methoxy groups -OCH3 is 1. The number of nitrogens with zero attached hydrogens (tertiary/aromatic N) is 1. The summed E-state index contributed by atoms with van der Waals surface area (Å²) in [5.41, 5.74) is 1.63. The molecule has 17 heavy (non-hydrogen) atoms. The van der Waals surface area contributed by atoms with Crippen molar-refractivity contribution in [1.29, 1.82) is 0 Å². The van der Waals surface area contributed by atoms with Crippen LogP contribution in [0.5, 0.6) is 5.88 Å². The van der Waals surface area contributed by atoms with Gasteiger partial charge in [0.1, 0.15) is 0 Å². The summed E-state index contributed by atoms with van der Waals surface area (Å²) in [4.78, 5) is 4.11. The van der Waals surface area contributed by atoms with Gasteiger partial charge in [-0.05, 0) is 37.2 Å². The highest BCUT2D eigenvalue weighted by Gasteiger charge is 2.26. The van der Waals surface area contributed by atoms with E-state index in [9.17, 15) is 0 Å². The standard InChI is InChI=1S/C14H22N2O/c1-14(2)7-4-11(5-8-14)16-12-6-9-15-13(10-12)17-3/h6,9-11H,4-5,7-8H2,1-3H3,(H,15,16). The SMILES string of the molecule is COc1cc(NC2CCC(C)(C)CC2)ccn1. The fourth-order valence-corrected chi connectivity index (χ4v) is 2.39. The molecule has 0 bridgehead atoms. The minimum absolute atomic E-state index is 0.522. The van der Waals surface area contributed by atoms with Crippen LogP contribution < -0.4 is 10.1 Å². The summed E-state index contributed by atoms with van der Waals surface area (Å²) in [6.07, 6.45) is 6.88. The van der Waals surface area contributed by atoms with Crippen molar-refractivity contribution in [2.45, 2.75) is 45.6 Å². The molecule has 1 aliphatic rings. The summed E-state index contributed by atoms with van der Waals surface area (Å²) in [7, 11) is 1.65. The van der Waals surface area contributed by atoms with Crippen molar-refractivity contribution in [3.05, 3.63) is 18.3 Å². The number of aromatic nitrogens is 1. The van der Waals surface area contributed by atoms with Crippen molar-refractivity contribution in [1.82, 2.24) is 4.98 Å². The van der Waals surface area contributed by atoms with E-state index < -0.39 is 0 Å². The van der Waals surface area contributed by atoms with Crippen molar-refractivity contribution < 1.29 is 4.74 Å². The molecule has 0 radical (unpaired) electrons. The third-order valence-electron chi connectivity index (χ3n) is 3.65. The molecule has 0 atom stereocenters. The number of pyridine rings is 1. The van der Waals surface area contributed by atoms with Crippen molar-refractivity contribution in [3.63, 3.8) is 0 Å². The van der Waals surface area contributed by atoms with E-state index in [1.807, 2.05) is 12.1 Å². The Bertz CT molecular complexity index is 366. The molecule has 0 amide bonds. The smallest absolute Gasteiger partial charge is 0.214 e. The lowest BCUT2D eigenvalue weighted by Gasteiger charge is -2.35. The maximum atomic E-state index is 5.13. The van der Waals surface area contributed by atoms with Crippen LogP contribution >= 0.6 is 0 Å². The highest BCUT2D eigenvalue weighted by atomic mass is 16.5. The van der Waals surface area contributed by atoms with Gasteiger partial charge in [-0.25, -0.2) is 4.98 Å². The lowest BCUT2D eigenvalue weighted by atomic mass is 9.75. The monoisotopic (exact) mass is 234 g/mol. The van der Waals surface area contributed by atoms with Crippen LogP contribution in [0.1, 0.15) is 39.5 Å². The van der Waals surface area contributed by atoms with E-state index >= 15 is 0 Å². The van der Waals surface area contributed by atoms with Gasteiger partial charge in [0.05, 0.1) is 7.11 Å². The van der Waals surface area contributed by atoms with Gasteiger partial charge in [0.15, 0.2) is 0 Å². The predicted octanol–water partition coefficient (Wildman–Crippen LogP) is 3.47. The highest BCUT2D eigenvalue weighted by molar-refractivity contribution is 5.45. The van der Waals surface area contributed by atoms with Gasteiger partial charge < -0.3 is 10.1 Å². The first-order valence-electron chi connectivity index (χ1n) is 6.36. The molecule has 1 saturated carbocycles. The maximum Gasteiger partial charge on any atom is 0.214 e. The minimum atomic E-state index is 0.522. The maximum absolute atomic E-state index is 5.13. The highest BCUT2D eigenvalue weighted by Crippen LogP contribution is 2.36. The predicted molar refractivity (Wildman–Crippen MR) is 70.4 cm³/mol. The third-order valence-corrected chi connectivity index (χ3v) is 3.65. The molecule has 3 heteroatoms. The van der Waals surface area contributed by atoms with Crippen molar-refractivity contribution in [2.24, 2.45) is 5.41 Å². The summed E-state index contributed by atoms with van der Waals surface area (Å²) >= 11 is 0. The Morgan fingerprint density at radius 2 is 2.06 bits per heavy atom. The Morgan fingerprint density at radius 3 is 2.71 bits per heavy atom. The second kappa shape index (κ2) is 4.94. The topological polar surface area (TPSA) is 34.1 Å². The molecular weight excluding hydrogens is 212 g/mol. The van der Waals surface area contributed by atoms with Crippen LogP contribution in [0.25, 0.3) is 0 Å². The van der Waals surface area contributed by atoms with Crippen LogP contribution in [0.15, 0.2) is 18.3 Å². The lowest BCUT2D eigenvalue weighted by Crippen LogP contribution is -2.29. The van der Waals surface area contributed by atoms with E-state index in [4.69, 9.17) is 4.74 Å². The number of hydrogen-bond acceptors (Lipinski definition) is 3. The van der Waals surface area contributed by atoms with Crippen LogP contribution in [-0.2, 0) is 0 Å². The first-order chi connectivity index (χ1) is 8.09. The summed E-state index contributed by atoms with van der Waals surface area (Å²) < 4.78 is 5.13. The summed E-state index contributed by atoms with van der Waals surface area (Å²) in [6, 6.07) is 4.55. The molecule has 94 valence electrons. The lowest BCUT2D eigenvalue weighted by molar-refractivity contribution is 0.232. The van der Waals surface area contributed by atoms with Crippen molar-refractivity contribution in [2.75, 3.05) is 12.4 Å². The number of ether oxygens (including phenoxy) is 1. The van der Waals surface area contributed by atoms with Crippen LogP contribution in [-0.4, -0.2) is 18.1 Å². The molecule has 1 aromatic rings. The van der Waals surface area contributed by atoms with Gasteiger partial charge in [0.25, 0.3) is 0 Å². The van der Waals surface area contributed by atoms with E-state index in [0.717, 1.165) is 5.69 Å². The van der Waals surface area contributed by atoms with E-state index in [-0.39, 0.29) is 0 Å². The molecule has 1 fully saturated rings. The fourth-order valence-electron chi connectivity index (χ4n) is 2.39. The van der Waals surface area contributed by atoms with Gasteiger partial charge >= 0.3 is 0 Å². The fraction of sp³-hybridized carbons (Fsp3) is 0.643. The minimum Gasteiger partial charge on any atom is -0.481 e. The van der Waals surface area contributed by atoms with Crippen molar-refractivity contribution in [3.8, 4) is 5.88 Å². The van der Waals surface area contributed by atoms with Gasteiger partial charge in [-0.1, -0.05) is 13.8 Å². The summed E-state index contributed by atoms with van der Waals surface area (Å²) in [6.45, 7) is 4.72. The zero-order chi connectivity index (χ0) is 12.3. The molecule has 0 saturated heterocycles. The molecule has 3 nitrogen and oxygen atoms in total. The van der Waals surface area contributed by atoms with Crippen LogP contribution in [0.2, 0.25) is 0 Å². The zero-order valence-corrected chi connectivity index (χ0v) is 11.0. The molecule has 2 rings (SSSR count). The molecule has 1 heterocycles. The Labute approximate surface area is 104 Å². The van der Waals surface area contributed by atoms with Crippen LogP contribution in [0, 0.1) is 5.41 Å². The number of rotatable bonds is 3. The number of hydrogen-bond donors (Lipinski definition) is 1. The number of nitrogens with one attached hydrogen (secondary N) is 1. The molecule has 1 N–H and O–H groups in total. The molecule has 0 aromatic carbocycles. The second-order valence-electron chi connectivity index (χ2n) is 5.67. The zero-order valence-electron chi connectivity index (χ0n) is 11.0. The van der Waals surface area contributed by atoms with Crippen LogP contribution in [0.4, 0.5) is 5.69 Å². The van der Waals surface area contributed by atoms with Crippen LogP contribution in [0.3, 0.4) is 0 Å². The second-order valence-corrected chi connectivity index (χ2v) is 5.67. The Hall–Kier alpha value is -1.25. The van der Waals surface area contributed by atoms with Gasteiger partial charge in [-0.15, -0.1) is 0 Å². The van der Waals surface area contributed by atoms with Crippen molar-refractivity contribution >= 4 is 5.69 Å². The Morgan fingerprint density at radius 1 is 1.35 bits per heavy atom.